The molecular weight excluding hydrogens is 240 g/mol. The number of ether oxygens (including phenoxy) is 1. The summed E-state index contributed by atoms with van der Waals surface area (Å²) in [5.41, 5.74) is 15.1. The summed E-state index contributed by atoms with van der Waals surface area (Å²) < 4.78 is 5.16. The fourth-order valence-electron chi connectivity index (χ4n) is 2.39. The van der Waals surface area contributed by atoms with E-state index in [2.05, 4.69) is 27.4 Å². The van der Waals surface area contributed by atoms with Crippen LogP contribution in [-0.4, -0.2) is 38.0 Å². The fourth-order valence-corrected chi connectivity index (χ4v) is 2.39. The first kappa shape index (κ1) is 18.3. The van der Waals surface area contributed by atoms with Gasteiger partial charge in [-0.15, -0.1) is 0 Å². The number of nitrogens with two attached hydrogens (primary N) is 2. The molecule has 0 aliphatic rings. The third-order valence-electron chi connectivity index (χ3n) is 3.72. The lowest BCUT2D eigenvalue weighted by atomic mass is 9.81. The predicted molar refractivity (Wildman–Crippen MR) is 80.8 cm³/mol. The van der Waals surface area contributed by atoms with Crippen LogP contribution in [0, 0.1) is 11.8 Å². The van der Waals surface area contributed by atoms with E-state index in [1.807, 2.05) is 0 Å². The minimum Gasteiger partial charge on any atom is -0.392 e. The topological polar surface area (TPSA) is 81.5 Å². The summed E-state index contributed by atoms with van der Waals surface area (Å²) in [5.74, 6) is 0.505. The Balaban J connectivity index is 5.28. The monoisotopic (exact) mass is 270 g/mol. The first-order chi connectivity index (χ1) is 8.90. The Bertz CT molecular complexity index is 311. The van der Waals surface area contributed by atoms with Crippen molar-refractivity contribution < 1.29 is 9.84 Å². The van der Waals surface area contributed by atoms with E-state index in [0.717, 1.165) is 6.42 Å². The Hall–Kier alpha value is -0.680. The molecule has 0 radical (unpaired) electrons. The first-order valence-electron chi connectivity index (χ1n) is 6.83. The van der Waals surface area contributed by atoms with Crippen molar-refractivity contribution in [3.05, 3.63) is 23.3 Å². The molecule has 0 heterocycles. The molecule has 0 amide bonds. The Morgan fingerprint density at radius 1 is 1.37 bits per heavy atom. The van der Waals surface area contributed by atoms with Crippen molar-refractivity contribution in [3.8, 4) is 0 Å². The van der Waals surface area contributed by atoms with Crippen LogP contribution in [0.4, 0.5) is 0 Å². The van der Waals surface area contributed by atoms with Gasteiger partial charge in [0.1, 0.15) is 0 Å². The second-order valence-corrected chi connectivity index (χ2v) is 5.30. The number of hydrogen-bond donors (Lipinski definition) is 3. The maximum absolute atomic E-state index is 9.21. The second-order valence-electron chi connectivity index (χ2n) is 5.30. The van der Waals surface area contributed by atoms with Crippen molar-refractivity contribution >= 4 is 0 Å². The molecule has 19 heavy (non-hydrogen) atoms. The summed E-state index contributed by atoms with van der Waals surface area (Å²) in [4.78, 5) is 0. The average molecular weight is 270 g/mol. The van der Waals surface area contributed by atoms with Gasteiger partial charge in [-0.25, -0.2) is 0 Å². The van der Waals surface area contributed by atoms with Gasteiger partial charge in [0, 0.05) is 32.2 Å². The van der Waals surface area contributed by atoms with Gasteiger partial charge in [-0.2, -0.15) is 0 Å². The zero-order valence-corrected chi connectivity index (χ0v) is 12.8. The molecule has 4 heteroatoms. The Kier molecular flexibility index (Phi) is 8.93. The lowest BCUT2D eigenvalue weighted by molar-refractivity contribution is 0.178. The van der Waals surface area contributed by atoms with Crippen molar-refractivity contribution in [1.29, 1.82) is 0 Å². The third-order valence-corrected chi connectivity index (χ3v) is 3.72. The van der Waals surface area contributed by atoms with E-state index < -0.39 is 0 Å². The molecule has 0 fully saturated rings. The summed E-state index contributed by atoms with van der Waals surface area (Å²) in [6.45, 7) is 11.3. The summed E-state index contributed by atoms with van der Waals surface area (Å²) in [5, 5.41) is 9.21. The Morgan fingerprint density at radius 3 is 2.32 bits per heavy atom. The summed E-state index contributed by atoms with van der Waals surface area (Å²) >= 11 is 0. The normalized spacial score (nSPS) is 16.2. The zero-order chi connectivity index (χ0) is 15.0. The van der Waals surface area contributed by atoms with Crippen LogP contribution in [0.2, 0.25) is 0 Å². The van der Waals surface area contributed by atoms with E-state index in [-0.39, 0.29) is 18.6 Å². The quantitative estimate of drug-likeness (QED) is 0.554. The van der Waals surface area contributed by atoms with E-state index in [1.165, 1.54) is 11.1 Å². The van der Waals surface area contributed by atoms with E-state index in [9.17, 15) is 5.11 Å². The molecule has 5 N–H and O–H groups in total. The Labute approximate surface area is 117 Å². The zero-order valence-electron chi connectivity index (χ0n) is 12.8. The maximum Gasteiger partial charge on any atom is 0.0654 e. The molecule has 0 bridgehead atoms. The number of rotatable bonds is 9. The summed E-state index contributed by atoms with van der Waals surface area (Å²) in [6.07, 6.45) is 0.804. The molecule has 0 rings (SSSR count). The van der Waals surface area contributed by atoms with E-state index in [4.69, 9.17) is 16.2 Å². The minimum atomic E-state index is -0.263. The largest absolute Gasteiger partial charge is 0.392 e. The molecule has 0 aliphatic carbocycles. The van der Waals surface area contributed by atoms with Crippen molar-refractivity contribution in [3.63, 3.8) is 0 Å². The van der Waals surface area contributed by atoms with Gasteiger partial charge in [0.15, 0.2) is 0 Å². The molecule has 112 valence electrons. The van der Waals surface area contributed by atoms with Crippen molar-refractivity contribution in [1.82, 2.24) is 0 Å². The second kappa shape index (κ2) is 9.26. The number of hydrogen-bond acceptors (Lipinski definition) is 4. The van der Waals surface area contributed by atoms with Gasteiger partial charge >= 0.3 is 0 Å². The Morgan fingerprint density at radius 2 is 1.95 bits per heavy atom. The lowest BCUT2D eigenvalue weighted by Gasteiger charge is -2.29. The highest BCUT2D eigenvalue weighted by molar-refractivity contribution is 5.23. The van der Waals surface area contributed by atoms with Crippen LogP contribution in [-0.2, 0) is 4.74 Å². The highest BCUT2D eigenvalue weighted by Crippen LogP contribution is 2.27. The number of aliphatic hydroxyl groups excluding tert-OH is 1. The highest BCUT2D eigenvalue weighted by atomic mass is 16.5. The van der Waals surface area contributed by atoms with Crippen LogP contribution in [0.15, 0.2) is 23.3 Å². The standard InChI is InChI=1S/C15H30N2O2/c1-10(2)14(8-16)12(4)13(6-7-19-5)15(17)11(3)9-18/h10,13,15,18H,3,6-9,16-17H2,1-2,4-5H3. The van der Waals surface area contributed by atoms with Gasteiger partial charge in [0.05, 0.1) is 6.61 Å². The van der Waals surface area contributed by atoms with E-state index in [1.54, 1.807) is 7.11 Å². The minimum absolute atomic E-state index is 0.0857. The molecule has 4 nitrogen and oxygen atoms in total. The molecule has 0 saturated heterocycles. The average Bonchev–Trinajstić information content (AvgIpc) is 2.38. The predicted octanol–water partition coefficient (Wildman–Crippen LogP) is 1.45. The molecule has 0 aromatic rings. The molecule has 0 aromatic carbocycles. The number of aliphatic hydroxyl groups is 1. The molecule has 2 unspecified atom stereocenters. The summed E-state index contributed by atoms with van der Waals surface area (Å²) in [6, 6.07) is -0.263. The third kappa shape index (κ3) is 5.45. The van der Waals surface area contributed by atoms with Crippen LogP contribution in [0.3, 0.4) is 0 Å². The first-order valence-corrected chi connectivity index (χ1v) is 6.83. The van der Waals surface area contributed by atoms with Crippen LogP contribution in [0.5, 0.6) is 0 Å². The van der Waals surface area contributed by atoms with Gasteiger partial charge in [-0.3, -0.25) is 0 Å². The van der Waals surface area contributed by atoms with E-state index >= 15 is 0 Å². The number of methoxy groups -OCH3 is 1. The maximum atomic E-state index is 9.21. The van der Waals surface area contributed by atoms with Crippen molar-refractivity contribution in [2.24, 2.45) is 23.3 Å². The van der Waals surface area contributed by atoms with Gasteiger partial charge in [0.2, 0.25) is 0 Å². The van der Waals surface area contributed by atoms with Crippen molar-refractivity contribution in [2.45, 2.75) is 33.2 Å². The van der Waals surface area contributed by atoms with Gasteiger partial charge in [0.25, 0.3) is 0 Å². The van der Waals surface area contributed by atoms with Gasteiger partial charge < -0.3 is 21.3 Å². The van der Waals surface area contributed by atoms with E-state index in [0.29, 0.717) is 24.6 Å². The van der Waals surface area contributed by atoms with Crippen LogP contribution in [0.25, 0.3) is 0 Å². The van der Waals surface area contributed by atoms with Crippen molar-refractivity contribution in [2.75, 3.05) is 26.9 Å². The van der Waals surface area contributed by atoms with Crippen LogP contribution < -0.4 is 11.5 Å². The smallest absolute Gasteiger partial charge is 0.0654 e. The molecule has 2 atom stereocenters. The highest BCUT2D eigenvalue weighted by Gasteiger charge is 2.24. The van der Waals surface area contributed by atoms with Crippen LogP contribution >= 0.6 is 0 Å². The summed E-state index contributed by atoms with van der Waals surface area (Å²) in [7, 11) is 1.68. The molecule has 0 aromatic heterocycles. The molecule has 0 saturated carbocycles. The SMILES string of the molecule is C=C(CO)C(N)C(CCOC)C(C)=C(CN)C(C)C. The van der Waals surface area contributed by atoms with Gasteiger partial charge in [-0.1, -0.05) is 31.6 Å². The fraction of sp³-hybridized carbons (Fsp3) is 0.733. The van der Waals surface area contributed by atoms with Crippen LogP contribution in [0.1, 0.15) is 27.2 Å². The molecule has 0 spiro atoms. The molecule has 0 aliphatic heterocycles. The molecular formula is C15H30N2O2. The van der Waals surface area contributed by atoms with Gasteiger partial charge in [-0.05, 0) is 24.8 Å². The lowest BCUT2D eigenvalue weighted by Crippen LogP contribution is -2.35.